The number of nitrogens with one attached hydrogen (secondary N) is 1. The van der Waals surface area contributed by atoms with Gasteiger partial charge in [0, 0.05) is 18.7 Å². The number of benzene rings is 1. The van der Waals surface area contributed by atoms with Crippen molar-refractivity contribution in [3.63, 3.8) is 0 Å². The first-order chi connectivity index (χ1) is 8.24. The molecular weight excluding hydrogens is 256 g/mol. The van der Waals surface area contributed by atoms with E-state index in [2.05, 4.69) is 11.3 Å². The van der Waals surface area contributed by atoms with Crippen molar-refractivity contribution in [2.75, 3.05) is 6.54 Å². The van der Waals surface area contributed by atoms with Crippen LogP contribution in [-0.4, -0.2) is 19.9 Å². The van der Waals surface area contributed by atoms with Crippen molar-refractivity contribution in [2.24, 2.45) is 0 Å². The second kappa shape index (κ2) is 5.28. The predicted octanol–water partition coefficient (Wildman–Crippen LogP) is 1.76. The van der Waals surface area contributed by atoms with Gasteiger partial charge in [0.25, 0.3) is 5.69 Å². The molecule has 0 aliphatic heterocycles. The topological polar surface area (TPSA) is 89.3 Å². The van der Waals surface area contributed by atoms with E-state index < -0.39 is 14.9 Å². The zero-order valence-electron chi connectivity index (χ0n) is 10.1. The van der Waals surface area contributed by atoms with E-state index in [4.69, 9.17) is 0 Å². The molecule has 0 radical (unpaired) electrons. The van der Waals surface area contributed by atoms with Crippen LogP contribution in [-0.2, 0) is 10.0 Å². The van der Waals surface area contributed by atoms with Gasteiger partial charge in [-0.05, 0) is 25.5 Å². The first-order valence-corrected chi connectivity index (χ1v) is 6.61. The number of hydrogen-bond acceptors (Lipinski definition) is 4. The Labute approximate surface area is 106 Å². The third kappa shape index (κ3) is 3.38. The molecule has 0 aliphatic rings. The second-order valence-corrected chi connectivity index (χ2v) is 5.72. The van der Waals surface area contributed by atoms with E-state index in [9.17, 15) is 18.5 Å². The molecule has 1 rings (SSSR count). The average molecular weight is 270 g/mol. The third-order valence-corrected chi connectivity index (χ3v) is 3.78. The van der Waals surface area contributed by atoms with Crippen molar-refractivity contribution in [1.29, 1.82) is 0 Å². The minimum atomic E-state index is -3.66. The van der Waals surface area contributed by atoms with E-state index in [0.29, 0.717) is 11.1 Å². The molecule has 0 aliphatic carbocycles. The van der Waals surface area contributed by atoms with Gasteiger partial charge in [0.05, 0.1) is 9.82 Å². The Bertz CT molecular complexity index is 593. The summed E-state index contributed by atoms with van der Waals surface area (Å²) in [7, 11) is -3.66. The molecule has 98 valence electrons. The molecule has 18 heavy (non-hydrogen) atoms. The van der Waals surface area contributed by atoms with E-state index in [1.807, 2.05) is 0 Å². The van der Waals surface area contributed by atoms with Gasteiger partial charge >= 0.3 is 0 Å². The molecule has 0 atom stereocenters. The minimum Gasteiger partial charge on any atom is -0.258 e. The van der Waals surface area contributed by atoms with Crippen LogP contribution in [0, 0.1) is 17.0 Å². The van der Waals surface area contributed by atoms with Gasteiger partial charge in [-0.25, -0.2) is 13.1 Å². The summed E-state index contributed by atoms with van der Waals surface area (Å²) < 4.78 is 26.2. The first kappa shape index (κ1) is 14.3. The summed E-state index contributed by atoms with van der Waals surface area (Å²) in [6, 6.07) is 3.63. The molecular formula is C11H14N2O4S. The molecule has 0 fully saturated rings. The number of rotatable bonds is 5. The highest BCUT2D eigenvalue weighted by atomic mass is 32.2. The number of sulfonamides is 1. The molecule has 1 N–H and O–H groups in total. The van der Waals surface area contributed by atoms with Gasteiger partial charge in [0.15, 0.2) is 0 Å². The third-order valence-electron chi connectivity index (χ3n) is 2.22. The van der Waals surface area contributed by atoms with Crippen molar-refractivity contribution in [3.05, 3.63) is 46.0 Å². The van der Waals surface area contributed by atoms with Gasteiger partial charge in [0.1, 0.15) is 0 Å². The summed E-state index contributed by atoms with van der Waals surface area (Å²) in [4.78, 5) is 10.0. The van der Waals surface area contributed by atoms with Crippen LogP contribution in [0.25, 0.3) is 0 Å². The van der Waals surface area contributed by atoms with Crippen LogP contribution >= 0.6 is 0 Å². The Balaban J connectivity index is 3.10. The summed E-state index contributed by atoms with van der Waals surface area (Å²) >= 11 is 0. The highest BCUT2D eigenvalue weighted by Gasteiger charge is 2.18. The summed E-state index contributed by atoms with van der Waals surface area (Å²) in [6.45, 7) is 6.95. The molecule has 0 amide bonds. The lowest BCUT2D eigenvalue weighted by Gasteiger charge is -2.08. The van der Waals surface area contributed by atoms with Crippen molar-refractivity contribution >= 4 is 15.7 Å². The maximum absolute atomic E-state index is 11.9. The zero-order chi connectivity index (χ0) is 13.9. The molecule has 0 saturated heterocycles. The number of aryl methyl sites for hydroxylation is 1. The molecule has 0 heterocycles. The maximum Gasteiger partial charge on any atom is 0.269 e. The number of nitro benzene ring substituents is 1. The lowest BCUT2D eigenvalue weighted by Crippen LogP contribution is -2.25. The number of hydrogen-bond donors (Lipinski definition) is 1. The van der Waals surface area contributed by atoms with Gasteiger partial charge < -0.3 is 0 Å². The summed E-state index contributed by atoms with van der Waals surface area (Å²) in [5.74, 6) is 0. The second-order valence-electron chi connectivity index (χ2n) is 3.99. The van der Waals surface area contributed by atoms with Crippen molar-refractivity contribution in [2.45, 2.75) is 18.7 Å². The fraction of sp³-hybridized carbons (Fsp3) is 0.273. The monoisotopic (exact) mass is 270 g/mol. The van der Waals surface area contributed by atoms with Crippen molar-refractivity contribution in [1.82, 2.24) is 4.72 Å². The fourth-order valence-electron chi connectivity index (χ4n) is 1.34. The molecule has 0 unspecified atom stereocenters. The van der Waals surface area contributed by atoms with Crippen LogP contribution < -0.4 is 4.72 Å². The molecule has 1 aromatic carbocycles. The van der Waals surface area contributed by atoms with Crippen molar-refractivity contribution < 1.29 is 13.3 Å². The number of nitro groups is 1. The van der Waals surface area contributed by atoms with Crippen molar-refractivity contribution in [3.8, 4) is 0 Å². The molecule has 7 heteroatoms. The standard InChI is InChI=1S/C11H14N2O4S/c1-8(2)7-12-18(16,17)11-5-4-10(13(14)15)6-9(11)3/h4-6,12H,1,7H2,2-3H3. The van der Waals surface area contributed by atoms with Crippen LogP contribution in [0.15, 0.2) is 35.2 Å². The van der Waals surface area contributed by atoms with Gasteiger partial charge in [-0.2, -0.15) is 0 Å². The van der Waals surface area contributed by atoms with E-state index in [1.54, 1.807) is 6.92 Å². The fourth-order valence-corrected chi connectivity index (χ4v) is 2.67. The molecule has 0 aromatic heterocycles. The average Bonchev–Trinajstić information content (AvgIpc) is 2.26. The summed E-state index contributed by atoms with van der Waals surface area (Å²) in [5.41, 5.74) is 0.878. The van der Waals surface area contributed by atoms with Crippen LogP contribution in [0.4, 0.5) is 5.69 Å². The number of non-ortho nitro benzene ring substituents is 1. The van der Waals surface area contributed by atoms with E-state index in [1.165, 1.54) is 25.1 Å². The van der Waals surface area contributed by atoms with E-state index in [-0.39, 0.29) is 17.1 Å². The highest BCUT2D eigenvalue weighted by molar-refractivity contribution is 7.89. The Hall–Kier alpha value is -1.73. The van der Waals surface area contributed by atoms with Gasteiger partial charge in [0.2, 0.25) is 10.0 Å². The van der Waals surface area contributed by atoms with Gasteiger partial charge in [-0.3, -0.25) is 10.1 Å². The first-order valence-electron chi connectivity index (χ1n) is 5.13. The SMILES string of the molecule is C=C(C)CNS(=O)(=O)c1ccc([N+](=O)[O-])cc1C. The van der Waals surface area contributed by atoms with Crippen LogP contribution in [0.1, 0.15) is 12.5 Å². The van der Waals surface area contributed by atoms with Gasteiger partial charge in [-0.1, -0.05) is 12.2 Å². The Kier molecular flexibility index (Phi) is 4.20. The van der Waals surface area contributed by atoms with E-state index in [0.717, 1.165) is 0 Å². The Morgan fingerprint density at radius 3 is 2.56 bits per heavy atom. The maximum atomic E-state index is 11.9. The predicted molar refractivity (Wildman–Crippen MR) is 67.8 cm³/mol. The lowest BCUT2D eigenvalue weighted by molar-refractivity contribution is -0.385. The summed E-state index contributed by atoms with van der Waals surface area (Å²) in [5, 5.41) is 10.6. The normalized spacial score (nSPS) is 11.2. The lowest BCUT2D eigenvalue weighted by atomic mass is 10.2. The van der Waals surface area contributed by atoms with Crippen LogP contribution in [0.5, 0.6) is 0 Å². The Morgan fingerprint density at radius 2 is 2.11 bits per heavy atom. The van der Waals surface area contributed by atoms with Crippen LogP contribution in [0.2, 0.25) is 0 Å². The largest absolute Gasteiger partial charge is 0.269 e. The molecule has 0 bridgehead atoms. The summed E-state index contributed by atoms with van der Waals surface area (Å²) in [6.07, 6.45) is 0. The minimum absolute atomic E-state index is 0.0364. The van der Waals surface area contributed by atoms with Gasteiger partial charge in [-0.15, -0.1) is 0 Å². The zero-order valence-corrected chi connectivity index (χ0v) is 11.0. The Morgan fingerprint density at radius 1 is 1.50 bits per heavy atom. The highest BCUT2D eigenvalue weighted by Crippen LogP contribution is 2.20. The molecule has 6 nitrogen and oxygen atoms in total. The van der Waals surface area contributed by atoms with Crippen LogP contribution in [0.3, 0.4) is 0 Å². The molecule has 1 aromatic rings. The van der Waals surface area contributed by atoms with E-state index >= 15 is 0 Å². The number of nitrogens with zero attached hydrogens (tertiary/aromatic N) is 1. The molecule has 0 spiro atoms. The quantitative estimate of drug-likeness (QED) is 0.501. The smallest absolute Gasteiger partial charge is 0.258 e. The molecule has 0 saturated carbocycles.